The summed E-state index contributed by atoms with van der Waals surface area (Å²) in [7, 11) is 0. The highest BCUT2D eigenvalue weighted by Crippen LogP contribution is 2.24. The highest BCUT2D eigenvalue weighted by atomic mass is 19.4. The van der Waals surface area contributed by atoms with E-state index in [1.165, 1.54) is 4.90 Å². The number of alkyl halides is 3. The van der Waals surface area contributed by atoms with Gasteiger partial charge in [-0.2, -0.15) is 13.2 Å². The summed E-state index contributed by atoms with van der Waals surface area (Å²) in [6.07, 6.45) is -3.00. The second kappa shape index (κ2) is 7.55. The van der Waals surface area contributed by atoms with Crippen LogP contribution < -0.4 is 5.32 Å². The molecule has 0 aromatic carbocycles. The number of likely N-dealkylation sites (tertiary alicyclic amines) is 1. The number of nitrogens with zero attached hydrogens (tertiary/aromatic N) is 2. The van der Waals surface area contributed by atoms with Crippen molar-refractivity contribution >= 4 is 5.91 Å². The summed E-state index contributed by atoms with van der Waals surface area (Å²) >= 11 is 0. The molecule has 1 saturated heterocycles. The van der Waals surface area contributed by atoms with Crippen molar-refractivity contribution < 1.29 is 22.5 Å². The number of aryl methyl sites for hydroxylation is 2. The molecule has 1 aliphatic heterocycles. The smallest absolute Gasteiger partial charge is 0.361 e. The Morgan fingerprint density at radius 3 is 2.75 bits per heavy atom. The summed E-state index contributed by atoms with van der Waals surface area (Å²) in [4.78, 5) is 13.6. The Hall–Kier alpha value is -1.57. The van der Waals surface area contributed by atoms with Crippen LogP contribution in [0.2, 0.25) is 0 Å². The molecule has 2 heterocycles. The molecule has 8 heteroatoms. The topological polar surface area (TPSA) is 58.4 Å². The van der Waals surface area contributed by atoms with E-state index in [0.29, 0.717) is 25.9 Å². The number of hydrogen-bond donors (Lipinski definition) is 1. The number of aromatic nitrogens is 1. The molecule has 0 aliphatic carbocycles. The molecule has 136 valence electrons. The average Bonchev–Trinajstić information content (AvgIpc) is 2.82. The van der Waals surface area contributed by atoms with E-state index in [4.69, 9.17) is 4.52 Å². The van der Waals surface area contributed by atoms with Gasteiger partial charge in [-0.25, -0.2) is 0 Å². The molecular weight excluding hydrogens is 323 g/mol. The van der Waals surface area contributed by atoms with Crippen molar-refractivity contribution in [1.29, 1.82) is 0 Å². The first-order valence-corrected chi connectivity index (χ1v) is 8.17. The summed E-state index contributed by atoms with van der Waals surface area (Å²) in [6.45, 7) is 5.64. The van der Waals surface area contributed by atoms with Gasteiger partial charge < -0.3 is 9.84 Å². The van der Waals surface area contributed by atoms with Crippen molar-refractivity contribution in [2.24, 2.45) is 5.92 Å². The largest absolute Gasteiger partial charge is 0.401 e. The lowest BCUT2D eigenvalue weighted by Crippen LogP contribution is -2.46. The summed E-state index contributed by atoms with van der Waals surface area (Å²) in [6, 6.07) is 0. The van der Waals surface area contributed by atoms with Crippen LogP contribution in [-0.2, 0) is 4.79 Å². The predicted octanol–water partition coefficient (Wildman–Crippen LogP) is 2.79. The molecule has 0 saturated carbocycles. The highest BCUT2D eigenvalue weighted by Gasteiger charge is 2.34. The molecule has 1 aromatic heterocycles. The molecule has 2 atom stereocenters. The van der Waals surface area contributed by atoms with E-state index in [0.717, 1.165) is 17.0 Å². The lowest BCUT2D eigenvalue weighted by atomic mass is 9.96. The standard InChI is InChI=1S/C16H24F3N3O2/c1-10(14-11(2)21-24-12(14)3)7-20-15(23)13-5-4-6-22(8-13)9-16(17,18)19/h10,13H,4-9H2,1-3H3,(H,20,23)/t10-,13-/m0/s1. The van der Waals surface area contributed by atoms with Gasteiger partial charge in [0, 0.05) is 24.6 Å². The van der Waals surface area contributed by atoms with Crippen molar-refractivity contribution in [2.45, 2.75) is 45.7 Å². The maximum absolute atomic E-state index is 12.5. The van der Waals surface area contributed by atoms with E-state index in [9.17, 15) is 18.0 Å². The summed E-state index contributed by atoms with van der Waals surface area (Å²) in [5, 5.41) is 6.76. The zero-order valence-corrected chi connectivity index (χ0v) is 14.2. The Labute approximate surface area is 139 Å². The highest BCUT2D eigenvalue weighted by molar-refractivity contribution is 5.79. The minimum absolute atomic E-state index is 0.0371. The van der Waals surface area contributed by atoms with Gasteiger partial charge in [-0.05, 0) is 33.2 Å². The van der Waals surface area contributed by atoms with Gasteiger partial charge in [0.25, 0.3) is 0 Å². The lowest BCUT2D eigenvalue weighted by molar-refractivity contribution is -0.152. The van der Waals surface area contributed by atoms with Crippen LogP contribution in [0.4, 0.5) is 13.2 Å². The van der Waals surface area contributed by atoms with Gasteiger partial charge in [-0.15, -0.1) is 0 Å². The first kappa shape index (κ1) is 18.8. The van der Waals surface area contributed by atoms with E-state index >= 15 is 0 Å². The van der Waals surface area contributed by atoms with Crippen molar-refractivity contribution in [2.75, 3.05) is 26.2 Å². The second-order valence-electron chi connectivity index (χ2n) is 6.57. The fraction of sp³-hybridized carbons (Fsp3) is 0.750. The summed E-state index contributed by atoms with van der Waals surface area (Å²) < 4.78 is 42.6. The summed E-state index contributed by atoms with van der Waals surface area (Å²) in [5.41, 5.74) is 1.76. The molecule has 0 bridgehead atoms. The molecule has 1 N–H and O–H groups in total. The average molecular weight is 347 g/mol. The van der Waals surface area contributed by atoms with Crippen LogP contribution in [0.3, 0.4) is 0 Å². The fourth-order valence-electron chi connectivity index (χ4n) is 3.36. The van der Waals surface area contributed by atoms with Crippen molar-refractivity contribution in [1.82, 2.24) is 15.4 Å². The monoisotopic (exact) mass is 347 g/mol. The van der Waals surface area contributed by atoms with E-state index in [-0.39, 0.29) is 18.4 Å². The quantitative estimate of drug-likeness (QED) is 0.890. The van der Waals surface area contributed by atoms with Gasteiger partial charge in [-0.1, -0.05) is 12.1 Å². The number of halogens is 3. The van der Waals surface area contributed by atoms with E-state index in [1.807, 2.05) is 20.8 Å². The fourth-order valence-corrected chi connectivity index (χ4v) is 3.36. The molecule has 0 radical (unpaired) electrons. The van der Waals surface area contributed by atoms with Crippen LogP contribution in [-0.4, -0.2) is 48.3 Å². The zero-order chi connectivity index (χ0) is 17.9. The van der Waals surface area contributed by atoms with Gasteiger partial charge in [0.05, 0.1) is 18.2 Å². The third-order valence-electron chi connectivity index (χ3n) is 4.44. The first-order valence-electron chi connectivity index (χ1n) is 8.17. The minimum Gasteiger partial charge on any atom is -0.361 e. The number of amides is 1. The zero-order valence-electron chi connectivity index (χ0n) is 14.2. The van der Waals surface area contributed by atoms with E-state index in [2.05, 4.69) is 10.5 Å². The SMILES string of the molecule is Cc1noc(C)c1[C@@H](C)CNC(=O)[C@H]1CCCN(CC(F)(F)F)C1. The second-order valence-corrected chi connectivity index (χ2v) is 6.57. The number of nitrogens with one attached hydrogen (secondary N) is 1. The Balaban J connectivity index is 1.86. The van der Waals surface area contributed by atoms with Gasteiger partial charge >= 0.3 is 6.18 Å². The van der Waals surface area contributed by atoms with Crippen molar-refractivity contribution in [3.8, 4) is 0 Å². The van der Waals surface area contributed by atoms with Crippen LogP contribution in [0, 0.1) is 19.8 Å². The van der Waals surface area contributed by atoms with Gasteiger partial charge in [0.15, 0.2) is 0 Å². The molecule has 0 spiro atoms. The van der Waals surface area contributed by atoms with Crippen LogP contribution >= 0.6 is 0 Å². The molecule has 1 aromatic rings. The molecule has 1 aliphatic rings. The maximum atomic E-state index is 12.5. The number of carbonyl (C=O) groups is 1. The van der Waals surface area contributed by atoms with Crippen LogP contribution in [0.5, 0.6) is 0 Å². The predicted molar refractivity (Wildman–Crippen MR) is 82.6 cm³/mol. The Morgan fingerprint density at radius 1 is 1.46 bits per heavy atom. The van der Waals surface area contributed by atoms with Gasteiger partial charge in [-0.3, -0.25) is 9.69 Å². The Bertz CT molecular complexity index is 552. The first-order chi connectivity index (χ1) is 11.2. The summed E-state index contributed by atoms with van der Waals surface area (Å²) in [5.74, 6) is 0.191. The van der Waals surface area contributed by atoms with Crippen LogP contribution in [0.25, 0.3) is 0 Å². The number of piperidine rings is 1. The van der Waals surface area contributed by atoms with Gasteiger partial charge in [0.2, 0.25) is 5.91 Å². The van der Waals surface area contributed by atoms with Crippen LogP contribution in [0.1, 0.15) is 42.7 Å². The molecule has 2 rings (SSSR count). The molecule has 5 nitrogen and oxygen atoms in total. The Morgan fingerprint density at radius 2 is 2.17 bits per heavy atom. The number of carbonyl (C=O) groups excluding carboxylic acids is 1. The van der Waals surface area contributed by atoms with E-state index in [1.54, 1.807) is 0 Å². The van der Waals surface area contributed by atoms with Crippen molar-refractivity contribution in [3.63, 3.8) is 0 Å². The normalized spacial score (nSPS) is 20.8. The molecule has 1 fully saturated rings. The number of rotatable bonds is 5. The lowest BCUT2D eigenvalue weighted by Gasteiger charge is -2.32. The maximum Gasteiger partial charge on any atom is 0.401 e. The van der Waals surface area contributed by atoms with Gasteiger partial charge in [0.1, 0.15) is 5.76 Å². The molecule has 24 heavy (non-hydrogen) atoms. The van der Waals surface area contributed by atoms with Crippen LogP contribution in [0.15, 0.2) is 4.52 Å². The third kappa shape index (κ3) is 4.96. The number of hydrogen-bond acceptors (Lipinski definition) is 4. The third-order valence-corrected chi connectivity index (χ3v) is 4.44. The van der Waals surface area contributed by atoms with Crippen molar-refractivity contribution in [3.05, 3.63) is 17.0 Å². The van der Waals surface area contributed by atoms with E-state index < -0.39 is 18.6 Å². The Kier molecular flexibility index (Phi) is 5.90. The minimum atomic E-state index is -4.23. The molecule has 1 amide bonds. The molecular formula is C16H24F3N3O2. The molecule has 0 unspecified atom stereocenters.